The van der Waals surface area contributed by atoms with E-state index in [0.717, 1.165) is 23.8 Å². The minimum atomic E-state index is -0.0736. The Morgan fingerprint density at radius 2 is 2.21 bits per heavy atom. The van der Waals surface area contributed by atoms with Gasteiger partial charge in [-0.05, 0) is 25.5 Å². The Kier molecular flexibility index (Phi) is 4.22. The molecule has 0 bridgehead atoms. The van der Waals surface area contributed by atoms with E-state index < -0.39 is 0 Å². The third-order valence-corrected chi connectivity index (χ3v) is 5.76. The van der Waals surface area contributed by atoms with Crippen molar-refractivity contribution in [2.75, 3.05) is 6.61 Å². The fourth-order valence-corrected chi connectivity index (χ4v) is 4.16. The largest absolute Gasteiger partial charge is 0.485 e. The minimum Gasteiger partial charge on any atom is -0.485 e. The van der Waals surface area contributed by atoms with Crippen LogP contribution in [0.5, 0.6) is 11.5 Å². The first-order chi connectivity index (χ1) is 11.7. The lowest BCUT2D eigenvalue weighted by Crippen LogP contribution is -2.38. The number of nitrogens with zero attached hydrogens (tertiary/aromatic N) is 2. The highest BCUT2D eigenvalue weighted by molar-refractivity contribution is 8.04. The van der Waals surface area contributed by atoms with Gasteiger partial charge >= 0.3 is 0 Å². The van der Waals surface area contributed by atoms with Crippen molar-refractivity contribution in [3.05, 3.63) is 35.2 Å². The van der Waals surface area contributed by atoms with Crippen LogP contribution in [-0.2, 0) is 0 Å². The Hall–Kier alpha value is -1.95. The van der Waals surface area contributed by atoms with Crippen LogP contribution < -0.4 is 14.8 Å². The molecule has 4 atom stereocenters. The predicted molar refractivity (Wildman–Crippen MR) is 98.1 cm³/mol. The number of benzene rings is 1. The molecular formula is C18H21N3O2S. The van der Waals surface area contributed by atoms with Gasteiger partial charge in [-0.3, -0.25) is 9.98 Å². The number of amidine groups is 1. The van der Waals surface area contributed by atoms with Crippen molar-refractivity contribution in [3.63, 3.8) is 0 Å². The second-order valence-corrected chi connectivity index (χ2v) is 7.35. The summed E-state index contributed by atoms with van der Waals surface area (Å²) in [7, 11) is 0. The summed E-state index contributed by atoms with van der Waals surface area (Å²) in [5.74, 6) is 2.81. The molecule has 0 aromatic heterocycles. The highest BCUT2D eigenvalue weighted by Gasteiger charge is 2.38. The SMILES string of the molecule is CC[C@@H](C)N=C1NC=N[C@@H]2SC([C@@H]3COc4ccccc4O3)=C[C@H]12. The molecule has 0 amide bonds. The van der Waals surface area contributed by atoms with Crippen LogP contribution in [0, 0.1) is 5.92 Å². The Labute approximate surface area is 146 Å². The van der Waals surface area contributed by atoms with Crippen LogP contribution in [0.25, 0.3) is 0 Å². The first-order valence-corrected chi connectivity index (χ1v) is 9.25. The van der Waals surface area contributed by atoms with Gasteiger partial charge in [0.05, 0.1) is 12.3 Å². The van der Waals surface area contributed by atoms with Gasteiger partial charge in [0.15, 0.2) is 17.6 Å². The van der Waals surface area contributed by atoms with Crippen molar-refractivity contribution < 1.29 is 9.47 Å². The first-order valence-electron chi connectivity index (χ1n) is 8.37. The summed E-state index contributed by atoms with van der Waals surface area (Å²) in [4.78, 5) is 10.5. The van der Waals surface area contributed by atoms with Gasteiger partial charge in [-0.1, -0.05) is 36.9 Å². The maximum Gasteiger partial charge on any atom is 0.163 e. The molecule has 126 valence electrons. The van der Waals surface area contributed by atoms with Crippen LogP contribution in [0.2, 0.25) is 0 Å². The summed E-state index contributed by atoms with van der Waals surface area (Å²) in [5.41, 5.74) is 0. The zero-order valence-electron chi connectivity index (χ0n) is 13.8. The number of thioether (sulfide) groups is 1. The van der Waals surface area contributed by atoms with Gasteiger partial charge in [0, 0.05) is 10.9 Å². The van der Waals surface area contributed by atoms with Gasteiger partial charge in [-0.25, -0.2) is 0 Å². The number of ether oxygens (including phenoxy) is 2. The number of nitrogens with one attached hydrogen (secondary N) is 1. The summed E-state index contributed by atoms with van der Waals surface area (Å²) in [6.07, 6.45) is 4.96. The maximum absolute atomic E-state index is 6.13. The lowest BCUT2D eigenvalue weighted by molar-refractivity contribution is 0.120. The number of rotatable bonds is 3. The van der Waals surface area contributed by atoms with E-state index in [4.69, 9.17) is 14.5 Å². The molecule has 0 unspecified atom stereocenters. The van der Waals surface area contributed by atoms with E-state index in [1.54, 1.807) is 18.1 Å². The molecule has 1 aromatic rings. The fraction of sp³-hybridized carbons (Fsp3) is 0.444. The Morgan fingerprint density at radius 3 is 3.04 bits per heavy atom. The molecule has 0 saturated carbocycles. The van der Waals surface area contributed by atoms with E-state index in [-0.39, 0.29) is 17.4 Å². The summed E-state index contributed by atoms with van der Waals surface area (Å²) >= 11 is 1.75. The Balaban J connectivity index is 1.55. The molecular weight excluding hydrogens is 322 g/mol. The van der Waals surface area contributed by atoms with Gasteiger partial charge in [-0.15, -0.1) is 0 Å². The molecule has 0 radical (unpaired) electrons. The smallest absolute Gasteiger partial charge is 0.163 e. The van der Waals surface area contributed by atoms with Gasteiger partial charge < -0.3 is 14.8 Å². The molecule has 1 aromatic carbocycles. The Morgan fingerprint density at radius 1 is 1.38 bits per heavy atom. The van der Waals surface area contributed by atoms with E-state index in [9.17, 15) is 0 Å². The molecule has 3 aliphatic rings. The van der Waals surface area contributed by atoms with E-state index in [2.05, 4.69) is 30.2 Å². The third kappa shape index (κ3) is 2.90. The third-order valence-electron chi connectivity index (χ3n) is 4.43. The number of aliphatic imine (C=N–C) groups is 2. The maximum atomic E-state index is 6.13. The Bertz CT molecular complexity index is 716. The molecule has 5 nitrogen and oxygen atoms in total. The molecule has 0 fully saturated rings. The molecule has 0 spiro atoms. The number of hydrogen-bond donors (Lipinski definition) is 1. The van der Waals surface area contributed by atoms with Gasteiger partial charge in [0.2, 0.25) is 0 Å². The first kappa shape index (κ1) is 15.6. The van der Waals surface area contributed by atoms with Crippen molar-refractivity contribution in [1.29, 1.82) is 0 Å². The zero-order chi connectivity index (χ0) is 16.5. The lowest BCUT2D eigenvalue weighted by atomic mass is 10.1. The van der Waals surface area contributed by atoms with Crippen LogP contribution in [0.3, 0.4) is 0 Å². The molecule has 24 heavy (non-hydrogen) atoms. The van der Waals surface area contributed by atoms with Crippen LogP contribution in [0.1, 0.15) is 20.3 Å². The van der Waals surface area contributed by atoms with Gasteiger partial charge in [0.25, 0.3) is 0 Å². The average molecular weight is 343 g/mol. The highest BCUT2D eigenvalue weighted by Crippen LogP contribution is 2.43. The fourth-order valence-electron chi connectivity index (χ4n) is 2.92. The predicted octanol–water partition coefficient (Wildman–Crippen LogP) is 3.23. The molecule has 1 N–H and O–H groups in total. The van der Waals surface area contributed by atoms with E-state index in [1.165, 1.54) is 4.91 Å². The average Bonchev–Trinajstić information content (AvgIpc) is 3.06. The standard InChI is InChI=1S/C18H21N3O2S/c1-3-11(2)21-17-12-8-16(24-18(12)20-10-19-17)15-9-22-13-6-4-5-7-14(13)23-15/h4-8,10-12,15,18H,3,9H2,1-2H3,(H,19,20,21)/t11-,12-,15+,18-/m1/s1. The summed E-state index contributed by atoms with van der Waals surface area (Å²) in [6.45, 7) is 4.82. The topological polar surface area (TPSA) is 55.2 Å². The highest BCUT2D eigenvalue weighted by atomic mass is 32.2. The van der Waals surface area contributed by atoms with E-state index >= 15 is 0 Å². The summed E-state index contributed by atoms with van der Waals surface area (Å²) in [5, 5.41) is 3.37. The second-order valence-electron chi connectivity index (χ2n) is 6.16. The monoisotopic (exact) mass is 343 g/mol. The van der Waals surface area contributed by atoms with Crippen molar-refractivity contribution in [2.24, 2.45) is 15.9 Å². The quantitative estimate of drug-likeness (QED) is 0.915. The molecule has 0 saturated heterocycles. The number of para-hydroxylation sites is 2. The molecule has 0 aliphatic carbocycles. The second kappa shape index (κ2) is 6.51. The van der Waals surface area contributed by atoms with Crippen LogP contribution >= 0.6 is 11.8 Å². The zero-order valence-corrected chi connectivity index (χ0v) is 14.6. The minimum absolute atomic E-state index is 0.0736. The molecule has 4 rings (SSSR count). The normalized spacial score (nSPS) is 30.5. The molecule has 3 heterocycles. The van der Waals surface area contributed by atoms with Gasteiger partial charge in [0.1, 0.15) is 17.8 Å². The lowest BCUT2D eigenvalue weighted by Gasteiger charge is -2.27. The van der Waals surface area contributed by atoms with Crippen molar-refractivity contribution in [3.8, 4) is 11.5 Å². The van der Waals surface area contributed by atoms with Gasteiger partial charge in [-0.2, -0.15) is 0 Å². The van der Waals surface area contributed by atoms with E-state index in [1.807, 2.05) is 24.3 Å². The number of fused-ring (bicyclic) bond motifs is 2. The van der Waals surface area contributed by atoms with E-state index in [0.29, 0.717) is 12.6 Å². The molecule has 3 aliphatic heterocycles. The summed E-state index contributed by atoms with van der Waals surface area (Å²) in [6, 6.07) is 8.12. The van der Waals surface area contributed by atoms with Crippen LogP contribution in [0.4, 0.5) is 0 Å². The molecule has 6 heteroatoms. The van der Waals surface area contributed by atoms with Crippen molar-refractivity contribution in [2.45, 2.75) is 37.8 Å². The van der Waals surface area contributed by atoms with Crippen molar-refractivity contribution >= 4 is 23.9 Å². The summed E-state index contributed by atoms with van der Waals surface area (Å²) < 4.78 is 12.0. The number of hydrogen-bond acceptors (Lipinski definition) is 5. The van der Waals surface area contributed by atoms with Crippen molar-refractivity contribution in [1.82, 2.24) is 5.32 Å². The van der Waals surface area contributed by atoms with Crippen LogP contribution in [0.15, 0.2) is 45.2 Å². The van der Waals surface area contributed by atoms with Crippen LogP contribution in [-0.4, -0.2) is 36.3 Å².